The Balaban J connectivity index is 0.00000363. The molecule has 9 nitrogen and oxygen atoms in total. The third-order valence-corrected chi connectivity index (χ3v) is 4.37. The Bertz CT molecular complexity index is 923. The summed E-state index contributed by atoms with van der Waals surface area (Å²) in [5, 5.41) is 13.7. The standard InChI is InChI=1S/C22H32N6O3.HI/c1-22(2,3)27-20(29)14-24-21(23-9-8-16-13-25-28(4)15-16)26-17-6-7-18-19(12-17)31-11-5-10-30-18;/h6-7,12-13,15H,5,8-11,14H2,1-4H3,(H,27,29)(H2,23,24,26);1H. The molecule has 0 aliphatic carbocycles. The molecule has 176 valence electrons. The quantitative estimate of drug-likeness (QED) is 0.288. The van der Waals surface area contributed by atoms with Crippen LogP contribution in [0.25, 0.3) is 0 Å². The maximum Gasteiger partial charge on any atom is 0.242 e. The summed E-state index contributed by atoms with van der Waals surface area (Å²) in [5.41, 5.74) is 1.62. The summed E-state index contributed by atoms with van der Waals surface area (Å²) in [4.78, 5) is 16.7. The van der Waals surface area contributed by atoms with Crippen molar-refractivity contribution in [2.45, 2.75) is 39.2 Å². The number of carbonyl (C=O) groups is 1. The fourth-order valence-corrected chi connectivity index (χ4v) is 3.05. The van der Waals surface area contributed by atoms with Gasteiger partial charge in [-0.3, -0.25) is 9.48 Å². The van der Waals surface area contributed by atoms with Crippen LogP contribution in [-0.4, -0.2) is 53.5 Å². The monoisotopic (exact) mass is 556 g/mol. The molecule has 2 aromatic rings. The fourth-order valence-electron chi connectivity index (χ4n) is 3.05. The van der Waals surface area contributed by atoms with Crippen LogP contribution in [0.4, 0.5) is 5.69 Å². The number of halogens is 1. The van der Waals surface area contributed by atoms with Crippen molar-refractivity contribution in [2.24, 2.45) is 12.0 Å². The van der Waals surface area contributed by atoms with Gasteiger partial charge >= 0.3 is 0 Å². The number of aliphatic imine (C=N–C) groups is 1. The van der Waals surface area contributed by atoms with E-state index in [-0.39, 0.29) is 42.0 Å². The summed E-state index contributed by atoms with van der Waals surface area (Å²) in [5.74, 6) is 1.81. The van der Waals surface area contributed by atoms with Crippen LogP contribution in [0.2, 0.25) is 0 Å². The third kappa shape index (κ3) is 8.56. The second kappa shape index (κ2) is 11.9. The number of carbonyl (C=O) groups excluding carboxylic acids is 1. The summed E-state index contributed by atoms with van der Waals surface area (Å²) in [7, 11) is 1.89. The van der Waals surface area contributed by atoms with E-state index in [9.17, 15) is 4.79 Å². The number of ether oxygens (including phenoxy) is 2. The van der Waals surface area contributed by atoms with E-state index in [4.69, 9.17) is 9.47 Å². The van der Waals surface area contributed by atoms with E-state index < -0.39 is 0 Å². The van der Waals surface area contributed by atoms with E-state index in [0.29, 0.717) is 31.5 Å². The van der Waals surface area contributed by atoms with Crippen molar-refractivity contribution in [2.75, 3.05) is 31.6 Å². The first-order valence-electron chi connectivity index (χ1n) is 10.5. The summed E-state index contributed by atoms with van der Waals surface area (Å²) in [6, 6.07) is 5.66. The highest BCUT2D eigenvalue weighted by molar-refractivity contribution is 14.0. The number of aryl methyl sites for hydroxylation is 1. The highest BCUT2D eigenvalue weighted by atomic mass is 127. The lowest BCUT2D eigenvalue weighted by atomic mass is 10.1. The molecule has 10 heteroatoms. The van der Waals surface area contributed by atoms with Crippen molar-refractivity contribution in [3.8, 4) is 11.5 Å². The number of hydrogen-bond donors (Lipinski definition) is 3. The van der Waals surface area contributed by atoms with Crippen LogP contribution in [0.3, 0.4) is 0 Å². The van der Waals surface area contributed by atoms with E-state index in [2.05, 4.69) is 26.0 Å². The zero-order valence-corrected chi connectivity index (χ0v) is 21.4. The fraction of sp³-hybridized carbons (Fsp3) is 0.500. The van der Waals surface area contributed by atoms with Gasteiger partial charge in [-0.2, -0.15) is 5.10 Å². The SMILES string of the molecule is Cn1cc(CCNC(=NCC(=O)NC(C)(C)C)Nc2ccc3c(c2)OCCCO3)cn1.I. The molecule has 1 amide bonds. The van der Waals surface area contributed by atoms with Crippen molar-refractivity contribution in [3.05, 3.63) is 36.2 Å². The highest BCUT2D eigenvalue weighted by Gasteiger charge is 2.14. The van der Waals surface area contributed by atoms with Crippen molar-refractivity contribution < 1.29 is 14.3 Å². The van der Waals surface area contributed by atoms with Crippen LogP contribution in [0.15, 0.2) is 35.6 Å². The predicted octanol–water partition coefficient (Wildman–Crippen LogP) is 2.71. The molecule has 32 heavy (non-hydrogen) atoms. The van der Waals surface area contributed by atoms with Gasteiger partial charge in [0.1, 0.15) is 6.54 Å². The molecule has 0 saturated heterocycles. The van der Waals surface area contributed by atoms with Gasteiger partial charge in [-0.15, -0.1) is 24.0 Å². The molecule has 1 aromatic heterocycles. The van der Waals surface area contributed by atoms with Gasteiger partial charge in [-0.05, 0) is 44.9 Å². The largest absolute Gasteiger partial charge is 0.490 e. The number of nitrogens with zero attached hydrogens (tertiary/aromatic N) is 3. The molecule has 0 unspecified atom stereocenters. The minimum absolute atomic E-state index is 0. The van der Waals surface area contributed by atoms with Crippen LogP contribution < -0.4 is 25.4 Å². The molecule has 1 aliphatic rings. The molecule has 3 N–H and O–H groups in total. The number of anilines is 1. The number of rotatable bonds is 6. The third-order valence-electron chi connectivity index (χ3n) is 4.37. The number of fused-ring (bicyclic) bond motifs is 1. The summed E-state index contributed by atoms with van der Waals surface area (Å²) < 4.78 is 13.2. The number of benzene rings is 1. The van der Waals surface area contributed by atoms with Crippen molar-refractivity contribution in [1.29, 1.82) is 0 Å². The molecular weight excluding hydrogens is 523 g/mol. The molecule has 1 aromatic carbocycles. The van der Waals surface area contributed by atoms with Crippen molar-refractivity contribution in [3.63, 3.8) is 0 Å². The maximum absolute atomic E-state index is 12.2. The minimum Gasteiger partial charge on any atom is -0.490 e. The molecular formula is C22H33IN6O3. The Labute approximate surface area is 206 Å². The van der Waals surface area contributed by atoms with E-state index in [1.165, 1.54) is 0 Å². The summed E-state index contributed by atoms with van der Waals surface area (Å²) in [6.45, 7) is 7.75. The Morgan fingerprint density at radius 2 is 1.97 bits per heavy atom. The van der Waals surface area contributed by atoms with Gasteiger partial charge in [0.2, 0.25) is 5.91 Å². The average molecular weight is 556 g/mol. The van der Waals surface area contributed by atoms with Gasteiger partial charge < -0.3 is 25.4 Å². The topological polar surface area (TPSA) is 102 Å². The Hall–Kier alpha value is -2.50. The number of aromatic nitrogens is 2. The van der Waals surface area contributed by atoms with E-state index in [0.717, 1.165) is 29.8 Å². The Kier molecular flexibility index (Phi) is 9.60. The molecule has 0 bridgehead atoms. The van der Waals surface area contributed by atoms with E-state index in [1.54, 1.807) is 4.68 Å². The lowest BCUT2D eigenvalue weighted by Gasteiger charge is -2.20. The maximum atomic E-state index is 12.2. The minimum atomic E-state index is -0.303. The second-order valence-electron chi connectivity index (χ2n) is 8.50. The number of hydrogen-bond acceptors (Lipinski definition) is 5. The molecule has 0 atom stereocenters. The molecule has 0 radical (unpaired) electrons. The van der Waals surface area contributed by atoms with Crippen molar-refractivity contribution in [1.82, 2.24) is 20.4 Å². The smallest absolute Gasteiger partial charge is 0.242 e. The average Bonchev–Trinajstić information content (AvgIpc) is 2.96. The van der Waals surface area contributed by atoms with Gasteiger partial charge in [0, 0.05) is 43.5 Å². The number of guanidine groups is 1. The molecule has 3 rings (SSSR count). The molecule has 1 aliphatic heterocycles. The van der Waals surface area contributed by atoms with Gasteiger partial charge in [-0.25, -0.2) is 4.99 Å². The normalized spacial score (nSPS) is 13.6. The summed E-state index contributed by atoms with van der Waals surface area (Å²) >= 11 is 0. The van der Waals surface area contributed by atoms with E-state index >= 15 is 0 Å². The van der Waals surface area contributed by atoms with Crippen LogP contribution in [0.5, 0.6) is 11.5 Å². The lowest BCUT2D eigenvalue weighted by molar-refractivity contribution is -0.121. The molecule has 0 saturated carbocycles. The Morgan fingerprint density at radius 3 is 2.66 bits per heavy atom. The molecule has 2 heterocycles. The number of amides is 1. The van der Waals surface area contributed by atoms with Crippen LogP contribution in [0.1, 0.15) is 32.8 Å². The zero-order valence-electron chi connectivity index (χ0n) is 19.1. The first kappa shape index (κ1) is 25.8. The molecule has 0 fully saturated rings. The van der Waals surface area contributed by atoms with Crippen LogP contribution >= 0.6 is 24.0 Å². The summed E-state index contributed by atoms with van der Waals surface area (Å²) in [6.07, 6.45) is 5.45. The second-order valence-corrected chi connectivity index (χ2v) is 8.50. The zero-order chi connectivity index (χ0) is 22.3. The predicted molar refractivity (Wildman–Crippen MR) is 136 cm³/mol. The van der Waals surface area contributed by atoms with Gasteiger partial charge in [0.25, 0.3) is 0 Å². The number of nitrogens with one attached hydrogen (secondary N) is 3. The van der Waals surface area contributed by atoms with Gasteiger partial charge in [0.05, 0.1) is 19.4 Å². The van der Waals surface area contributed by atoms with Gasteiger partial charge in [-0.1, -0.05) is 0 Å². The molecule has 0 spiro atoms. The first-order valence-corrected chi connectivity index (χ1v) is 10.5. The highest BCUT2D eigenvalue weighted by Crippen LogP contribution is 2.32. The van der Waals surface area contributed by atoms with Crippen molar-refractivity contribution >= 4 is 41.5 Å². The van der Waals surface area contributed by atoms with Crippen LogP contribution in [0, 0.1) is 0 Å². The Morgan fingerprint density at radius 1 is 1.22 bits per heavy atom. The first-order chi connectivity index (χ1) is 14.8. The van der Waals surface area contributed by atoms with E-state index in [1.807, 2.05) is 58.4 Å². The lowest BCUT2D eigenvalue weighted by Crippen LogP contribution is -2.42. The van der Waals surface area contributed by atoms with Gasteiger partial charge in [0.15, 0.2) is 17.5 Å². The van der Waals surface area contributed by atoms with Crippen LogP contribution in [-0.2, 0) is 18.3 Å².